The minimum absolute atomic E-state index is 0.334. The predicted octanol–water partition coefficient (Wildman–Crippen LogP) is 1.28. The molecule has 0 amide bonds. The summed E-state index contributed by atoms with van der Waals surface area (Å²) in [4.78, 5) is 0.334. The van der Waals surface area contributed by atoms with Gasteiger partial charge in [-0.15, -0.1) is 0 Å². The number of nitrogens with one attached hydrogen (secondary N) is 1. The van der Waals surface area contributed by atoms with Crippen molar-refractivity contribution in [3.8, 4) is 5.75 Å². The van der Waals surface area contributed by atoms with E-state index in [0.29, 0.717) is 22.9 Å². The first kappa shape index (κ1) is 10.3. The molecule has 0 bridgehead atoms. The maximum atomic E-state index is 12.0. The second kappa shape index (κ2) is 3.41. The number of anilines is 1. The van der Waals surface area contributed by atoms with Crippen molar-refractivity contribution in [1.82, 2.24) is 0 Å². The van der Waals surface area contributed by atoms with E-state index in [4.69, 9.17) is 4.74 Å². The molecule has 1 aliphatic rings. The quantitative estimate of drug-likeness (QED) is 0.785. The summed E-state index contributed by atoms with van der Waals surface area (Å²) in [6.45, 7) is 2.16. The summed E-state index contributed by atoms with van der Waals surface area (Å²) in [6, 6.07) is 5.04. The molecule has 0 saturated carbocycles. The molecule has 0 radical (unpaired) electrons. The Bertz CT molecular complexity index is 481. The monoisotopic (exact) mass is 227 g/mol. The Hall–Kier alpha value is -1.23. The van der Waals surface area contributed by atoms with E-state index in [2.05, 4.69) is 5.32 Å². The summed E-state index contributed by atoms with van der Waals surface area (Å²) in [7, 11) is -1.67. The van der Waals surface area contributed by atoms with Crippen molar-refractivity contribution >= 4 is 15.5 Å². The lowest BCUT2D eigenvalue weighted by molar-refractivity contribution is 0.413. The molecule has 0 aliphatic carbocycles. The Morgan fingerprint density at radius 1 is 1.47 bits per heavy atom. The predicted molar refractivity (Wildman–Crippen MR) is 58.1 cm³/mol. The molecule has 0 aromatic heterocycles. The van der Waals surface area contributed by atoms with Crippen LogP contribution in [0.2, 0.25) is 0 Å². The Balaban J connectivity index is 2.62. The molecular weight excluding hydrogens is 214 g/mol. The molecule has 5 heteroatoms. The zero-order valence-corrected chi connectivity index (χ0v) is 9.47. The molecule has 0 fully saturated rings. The molecule has 2 rings (SSSR count). The maximum Gasteiger partial charge on any atom is 0.184 e. The van der Waals surface area contributed by atoms with Crippen molar-refractivity contribution < 1.29 is 13.2 Å². The van der Waals surface area contributed by atoms with Crippen molar-refractivity contribution in [2.45, 2.75) is 17.1 Å². The number of methoxy groups -OCH3 is 1. The van der Waals surface area contributed by atoms with Gasteiger partial charge in [-0.25, -0.2) is 8.42 Å². The van der Waals surface area contributed by atoms with E-state index >= 15 is 0 Å². The van der Waals surface area contributed by atoms with Crippen LogP contribution in [0.4, 0.5) is 5.69 Å². The molecule has 1 N–H and O–H groups in total. The number of hydrogen-bond donors (Lipinski definition) is 1. The lowest BCUT2D eigenvalue weighted by Crippen LogP contribution is -2.31. The minimum Gasteiger partial charge on any atom is -0.497 e. The number of sulfone groups is 1. The summed E-state index contributed by atoms with van der Waals surface area (Å²) in [6.07, 6.45) is 0. The average Bonchev–Trinajstić information content (AvgIpc) is 2.24. The van der Waals surface area contributed by atoms with Gasteiger partial charge in [0, 0.05) is 12.6 Å². The first-order chi connectivity index (χ1) is 7.05. The molecule has 1 heterocycles. The summed E-state index contributed by atoms with van der Waals surface area (Å²) >= 11 is 0. The normalized spacial score (nSPS) is 22.7. The second-order valence-electron chi connectivity index (χ2n) is 3.60. The third kappa shape index (κ3) is 1.56. The van der Waals surface area contributed by atoms with Crippen LogP contribution in [-0.4, -0.2) is 27.3 Å². The molecule has 1 aromatic carbocycles. The molecule has 1 aromatic rings. The highest BCUT2D eigenvalue weighted by Gasteiger charge is 2.30. The Morgan fingerprint density at radius 2 is 2.20 bits per heavy atom. The average molecular weight is 227 g/mol. The Kier molecular flexibility index (Phi) is 2.34. The zero-order valence-electron chi connectivity index (χ0n) is 8.65. The van der Waals surface area contributed by atoms with Gasteiger partial charge < -0.3 is 10.1 Å². The maximum absolute atomic E-state index is 12.0. The van der Waals surface area contributed by atoms with Crippen molar-refractivity contribution in [2.24, 2.45) is 0 Å². The summed E-state index contributed by atoms with van der Waals surface area (Å²) < 4.78 is 29.0. The van der Waals surface area contributed by atoms with Gasteiger partial charge in [0.2, 0.25) is 0 Å². The first-order valence-corrected chi connectivity index (χ1v) is 6.26. The van der Waals surface area contributed by atoms with Gasteiger partial charge in [0.1, 0.15) is 5.75 Å². The summed E-state index contributed by atoms with van der Waals surface area (Å²) in [5.41, 5.74) is 0.661. The van der Waals surface area contributed by atoms with E-state index in [9.17, 15) is 8.42 Å². The van der Waals surface area contributed by atoms with E-state index in [1.807, 2.05) is 0 Å². The second-order valence-corrected chi connectivity index (χ2v) is 5.93. The number of rotatable bonds is 1. The molecule has 1 aliphatic heterocycles. The van der Waals surface area contributed by atoms with Crippen LogP contribution < -0.4 is 10.1 Å². The van der Waals surface area contributed by atoms with Crippen LogP contribution >= 0.6 is 0 Å². The van der Waals surface area contributed by atoms with E-state index in [-0.39, 0.29) is 0 Å². The van der Waals surface area contributed by atoms with Gasteiger partial charge in [-0.05, 0) is 19.1 Å². The van der Waals surface area contributed by atoms with Gasteiger partial charge in [-0.1, -0.05) is 0 Å². The van der Waals surface area contributed by atoms with Crippen LogP contribution in [0, 0.1) is 0 Å². The Morgan fingerprint density at radius 3 is 2.87 bits per heavy atom. The van der Waals surface area contributed by atoms with Crippen molar-refractivity contribution in [3.63, 3.8) is 0 Å². The smallest absolute Gasteiger partial charge is 0.184 e. The minimum atomic E-state index is -3.20. The van der Waals surface area contributed by atoms with Crippen LogP contribution in [0.5, 0.6) is 5.75 Å². The highest BCUT2D eigenvalue weighted by atomic mass is 32.2. The molecule has 4 nitrogen and oxygen atoms in total. The molecular formula is C10H13NO3S. The fourth-order valence-electron chi connectivity index (χ4n) is 1.59. The zero-order chi connectivity index (χ0) is 11.1. The van der Waals surface area contributed by atoms with E-state index < -0.39 is 15.1 Å². The van der Waals surface area contributed by atoms with Crippen molar-refractivity contribution in [2.75, 3.05) is 19.0 Å². The van der Waals surface area contributed by atoms with Gasteiger partial charge in [-0.3, -0.25) is 0 Å². The standard InChI is InChI=1S/C10H13NO3S/c1-7-6-11-9-4-3-8(14-2)5-10(9)15(7,12)13/h3-5,7,11H,6H2,1-2H3. The lowest BCUT2D eigenvalue weighted by Gasteiger charge is -2.23. The van der Waals surface area contributed by atoms with Gasteiger partial charge in [0.05, 0.1) is 22.9 Å². The third-order valence-corrected chi connectivity index (χ3v) is 4.78. The number of fused-ring (bicyclic) bond motifs is 1. The van der Waals surface area contributed by atoms with Gasteiger partial charge in [-0.2, -0.15) is 0 Å². The highest BCUT2D eigenvalue weighted by molar-refractivity contribution is 7.92. The number of ether oxygens (including phenoxy) is 1. The number of hydrogen-bond acceptors (Lipinski definition) is 4. The van der Waals surface area contributed by atoms with Crippen LogP contribution in [0.25, 0.3) is 0 Å². The molecule has 0 spiro atoms. The molecule has 0 saturated heterocycles. The lowest BCUT2D eigenvalue weighted by atomic mass is 10.3. The largest absolute Gasteiger partial charge is 0.497 e. The van der Waals surface area contributed by atoms with Crippen molar-refractivity contribution in [3.05, 3.63) is 18.2 Å². The van der Waals surface area contributed by atoms with E-state index in [1.165, 1.54) is 7.11 Å². The first-order valence-electron chi connectivity index (χ1n) is 4.71. The summed E-state index contributed by atoms with van der Waals surface area (Å²) in [5.74, 6) is 0.563. The highest BCUT2D eigenvalue weighted by Crippen LogP contribution is 2.32. The Labute approximate surface area is 89.2 Å². The van der Waals surface area contributed by atoms with Crippen LogP contribution in [0.3, 0.4) is 0 Å². The number of benzene rings is 1. The van der Waals surface area contributed by atoms with Gasteiger partial charge in [0.15, 0.2) is 9.84 Å². The fraction of sp³-hybridized carbons (Fsp3) is 0.400. The third-order valence-electron chi connectivity index (χ3n) is 2.60. The molecule has 82 valence electrons. The van der Waals surface area contributed by atoms with Gasteiger partial charge in [0.25, 0.3) is 0 Å². The molecule has 1 atom stereocenters. The van der Waals surface area contributed by atoms with E-state index in [0.717, 1.165) is 0 Å². The molecule has 15 heavy (non-hydrogen) atoms. The fourth-order valence-corrected chi connectivity index (χ4v) is 3.05. The van der Waals surface area contributed by atoms with Gasteiger partial charge >= 0.3 is 0 Å². The topological polar surface area (TPSA) is 55.4 Å². The summed E-state index contributed by atoms with van der Waals surface area (Å²) in [5, 5.41) is 2.69. The van der Waals surface area contributed by atoms with Crippen LogP contribution in [0.1, 0.15) is 6.92 Å². The molecule has 1 unspecified atom stereocenters. The SMILES string of the molecule is COc1ccc2c(c1)S(=O)(=O)C(C)CN2. The van der Waals surface area contributed by atoms with Crippen LogP contribution in [0.15, 0.2) is 23.1 Å². The van der Waals surface area contributed by atoms with Crippen molar-refractivity contribution in [1.29, 1.82) is 0 Å². The van der Waals surface area contributed by atoms with Crippen LogP contribution in [-0.2, 0) is 9.84 Å². The van der Waals surface area contributed by atoms with E-state index in [1.54, 1.807) is 25.1 Å².